The quantitative estimate of drug-likeness (QED) is 0.121. The summed E-state index contributed by atoms with van der Waals surface area (Å²) in [4.78, 5) is 170. The van der Waals surface area contributed by atoms with Crippen molar-refractivity contribution in [1.82, 2.24) is 29.9 Å². The molecule has 3 fully saturated rings. The van der Waals surface area contributed by atoms with Crippen molar-refractivity contribution in [3.63, 3.8) is 0 Å². The number of methoxy groups -OCH3 is 1. The van der Waals surface area contributed by atoms with Crippen molar-refractivity contribution in [2.45, 2.75) is 161 Å². The van der Waals surface area contributed by atoms with Gasteiger partial charge in [0.15, 0.2) is 98.2 Å². The van der Waals surface area contributed by atoms with Gasteiger partial charge in [-0.25, -0.2) is 29.9 Å². The van der Waals surface area contributed by atoms with E-state index in [9.17, 15) is 57.5 Å². The lowest BCUT2D eigenvalue weighted by Crippen LogP contribution is -2.21. The monoisotopic (exact) mass is 1580 g/mol. The number of carbonyl (C=O) groups excluding carboxylic acids is 12. The van der Waals surface area contributed by atoms with Crippen LogP contribution in [0.25, 0.3) is 67.9 Å². The van der Waals surface area contributed by atoms with Gasteiger partial charge in [0, 0.05) is 104 Å². The first-order chi connectivity index (χ1) is 56.9. The molecular weight excluding hydrogens is 1510 g/mol. The highest BCUT2D eigenvalue weighted by atomic mass is 16.5. The number of hydrogen-bond acceptors (Lipinski definition) is 25. The van der Waals surface area contributed by atoms with Gasteiger partial charge in [-0.1, -0.05) is 212 Å². The van der Waals surface area contributed by atoms with Crippen molar-refractivity contribution in [3.8, 4) is 67.9 Å². The molecule has 0 saturated heterocycles. The molecule has 0 bridgehead atoms. The maximum atomic E-state index is 12.2. The maximum Gasteiger partial charge on any atom is 0.255 e. The Morgan fingerprint density at radius 2 is 0.559 bits per heavy atom. The minimum Gasteiger partial charge on any atom is -0.440 e. The van der Waals surface area contributed by atoms with E-state index in [2.05, 4.69) is 64.5 Å². The Morgan fingerprint density at radius 3 is 0.847 bits per heavy atom. The van der Waals surface area contributed by atoms with Crippen LogP contribution in [0.2, 0.25) is 0 Å². The van der Waals surface area contributed by atoms with Crippen molar-refractivity contribution in [2.75, 3.05) is 7.11 Å². The van der Waals surface area contributed by atoms with Crippen LogP contribution in [0.4, 0.5) is 0 Å². The third-order valence-electron chi connectivity index (χ3n) is 22.2. The highest BCUT2D eigenvalue weighted by Crippen LogP contribution is 2.47. The number of Topliss-reactive ketones (excluding diaryl/α,β-unsaturated/α-hetero) is 12. The summed E-state index contributed by atoms with van der Waals surface area (Å²) >= 11 is 0. The number of ether oxygens (including phenoxy) is 1. The number of carbonyl (C=O) groups is 12. The molecule has 1 atom stereocenters. The SMILES string of the molecule is CC(C)(C)Cc1nc2c(o1)-c1ccccc1C(=O)C2=O.CCC(CC)c1nc2c(o1)-c1ccccc1C(=O)C2=O.COC(C)c1nc2c(o1)-c1ccccc1C(=O)C2=O.O=C1C(=O)c2nc(C3CC3)oc2-c2ccccc21.O=C1C(=O)c2nc(C3CCCC3)oc2-c2ccccc21.O=C1C(=O)c2nc(C3CCCCC3)oc2-c2ccccc21. The summed E-state index contributed by atoms with van der Waals surface area (Å²) in [5.74, 6) is 0.384. The number of fused-ring (bicyclic) bond motifs is 18. The Bertz CT molecular complexity index is 6070. The average Bonchev–Trinajstić information content (AvgIpc) is 1.60. The first-order valence-corrected chi connectivity index (χ1v) is 39.6. The van der Waals surface area contributed by atoms with Crippen molar-refractivity contribution in [1.29, 1.82) is 0 Å². The number of ketones is 12. The second kappa shape index (κ2) is 32.0. The van der Waals surface area contributed by atoms with Crippen molar-refractivity contribution < 1.29 is 88.8 Å². The van der Waals surface area contributed by atoms with Crippen molar-refractivity contribution in [2.24, 2.45) is 5.41 Å². The summed E-state index contributed by atoms with van der Waals surface area (Å²) in [6.45, 7) is 12.1. The number of rotatable bonds is 9. The predicted octanol–water partition coefficient (Wildman–Crippen LogP) is 19.1. The summed E-state index contributed by atoms with van der Waals surface area (Å²) in [6, 6.07) is 42.0. The second-order valence-corrected chi connectivity index (χ2v) is 31.4. The number of oxazole rings is 6. The number of hydrogen-bond donors (Lipinski definition) is 0. The molecule has 0 spiro atoms. The molecule has 6 aromatic heterocycles. The van der Waals surface area contributed by atoms with E-state index < -0.39 is 69.4 Å². The van der Waals surface area contributed by atoms with Crippen LogP contribution in [0.15, 0.2) is 172 Å². The smallest absolute Gasteiger partial charge is 0.255 e. The predicted molar refractivity (Wildman–Crippen MR) is 425 cm³/mol. The van der Waals surface area contributed by atoms with Gasteiger partial charge in [0.25, 0.3) is 34.7 Å². The minimum absolute atomic E-state index is 0.0000218. The van der Waals surface area contributed by atoms with Gasteiger partial charge in [0.1, 0.15) is 6.10 Å². The number of aromatic nitrogens is 6. The lowest BCUT2D eigenvalue weighted by molar-refractivity contribution is 0.0811. The summed E-state index contributed by atoms with van der Waals surface area (Å²) in [5, 5.41) is 0. The average molecular weight is 1580 g/mol. The normalized spacial score (nSPS) is 16.2. The van der Waals surface area contributed by atoms with Gasteiger partial charge in [0.05, 0.1) is 0 Å². The first kappa shape index (κ1) is 78.5. The summed E-state index contributed by atoms with van der Waals surface area (Å²) in [7, 11) is 1.52. The van der Waals surface area contributed by atoms with E-state index in [4.69, 9.17) is 31.2 Å². The molecule has 9 aliphatic carbocycles. The lowest BCUT2D eigenvalue weighted by atomic mass is 9.89. The van der Waals surface area contributed by atoms with E-state index in [1.165, 1.54) is 39.2 Å². The molecule has 1 unspecified atom stereocenters. The molecule has 0 aliphatic heterocycles. The van der Waals surface area contributed by atoms with E-state index in [1.54, 1.807) is 110 Å². The van der Waals surface area contributed by atoms with Crippen LogP contribution >= 0.6 is 0 Å². The molecule has 25 heteroatoms. The van der Waals surface area contributed by atoms with Crippen LogP contribution in [0.1, 0.15) is 315 Å². The third kappa shape index (κ3) is 14.6. The topological polar surface area (TPSA) is 370 Å². The van der Waals surface area contributed by atoms with Crippen LogP contribution in [-0.4, -0.2) is 106 Å². The molecular formula is C93H78N6O19. The first-order valence-electron chi connectivity index (χ1n) is 39.6. The molecule has 118 heavy (non-hydrogen) atoms. The minimum atomic E-state index is -0.632. The highest BCUT2D eigenvalue weighted by molar-refractivity contribution is 6.55. The summed E-state index contributed by atoms with van der Waals surface area (Å²) in [5.41, 5.74) is 7.30. The summed E-state index contributed by atoms with van der Waals surface area (Å²) in [6.07, 6.45) is 14.2. The second-order valence-electron chi connectivity index (χ2n) is 31.4. The van der Waals surface area contributed by atoms with Gasteiger partial charge in [-0.05, 0) is 63.7 Å². The number of nitrogens with zero attached hydrogens (tertiary/aromatic N) is 6. The van der Waals surface area contributed by atoms with E-state index in [0.717, 1.165) is 51.4 Å². The Morgan fingerprint density at radius 1 is 0.314 bits per heavy atom. The van der Waals surface area contributed by atoms with E-state index in [1.807, 2.05) is 42.5 Å². The van der Waals surface area contributed by atoms with Gasteiger partial charge < -0.3 is 31.2 Å². The standard InChI is InChI=1S/C17H15NO3.C16H13NO3.2C16H15NO3.C14H11NO4.C14H9NO3/c19-14-11-8-4-5-9-12(11)16-13(15(14)20)18-17(21-16)10-6-2-1-3-7-10;18-13-10-7-3-4-8-11(10)15-12(14(13)19)17-16(20-15)9-5-1-2-6-9;1-16(2,3)8-11-17-12-14(19)13(18)9-6-4-5-7-10(9)15(12)20-11;1-3-9(4-2)16-17-12-14(19)13(18)10-7-5-6-8-11(10)15(12)20-16;1-7(18-2)14-15-10-12(17)11(16)8-5-3-4-6-9(8)13(10)19-14;16-11-8-3-1-2-4-9(8)13-10(12(11)17)15-14(18-13)7-5-6-7/h4-5,8-10H,1-3,6-7H2;3-4,7-9H,1-2,5-6H2;4-7H,8H2,1-3H3;5-9H,3-4H2,1-2H3;3-7H,1-2H3;1-4,7H,5-6H2. The Labute approximate surface area is 674 Å². The molecule has 25 nitrogen and oxygen atoms in total. The van der Waals surface area contributed by atoms with Gasteiger partial charge >= 0.3 is 0 Å². The highest BCUT2D eigenvalue weighted by Gasteiger charge is 2.44. The molecule has 0 radical (unpaired) electrons. The fourth-order valence-electron chi connectivity index (χ4n) is 15.7. The van der Waals surface area contributed by atoms with Crippen LogP contribution < -0.4 is 0 Å². The molecule has 6 heterocycles. The number of benzene rings is 6. The van der Waals surface area contributed by atoms with Crippen LogP contribution in [0, 0.1) is 5.41 Å². The van der Waals surface area contributed by atoms with E-state index in [-0.39, 0.29) is 63.4 Å². The van der Waals surface area contributed by atoms with Gasteiger partial charge in [-0.15, -0.1) is 0 Å². The van der Waals surface area contributed by atoms with Crippen LogP contribution in [-0.2, 0) is 11.2 Å². The third-order valence-corrected chi connectivity index (χ3v) is 22.2. The van der Waals surface area contributed by atoms with Gasteiger partial charge in [-0.3, -0.25) is 57.5 Å². The van der Waals surface area contributed by atoms with Crippen molar-refractivity contribution >= 4 is 69.4 Å². The summed E-state index contributed by atoms with van der Waals surface area (Å²) < 4.78 is 39.7. The zero-order valence-corrected chi connectivity index (χ0v) is 65.6. The van der Waals surface area contributed by atoms with Crippen LogP contribution in [0.5, 0.6) is 0 Å². The molecule has 6 aromatic carbocycles. The van der Waals surface area contributed by atoms with Gasteiger partial charge in [0.2, 0.25) is 40.6 Å². The van der Waals surface area contributed by atoms with Crippen molar-refractivity contribution in [3.05, 3.63) is 248 Å². The molecule has 9 aliphatic rings. The molecule has 3 saturated carbocycles. The fraction of sp³-hybridized carbons (Fsp3) is 0.290. The fourth-order valence-corrected chi connectivity index (χ4v) is 15.7. The Hall–Kier alpha value is -13.4. The molecule has 0 N–H and O–H groups in total. The van der Waals surface area contributed by atoms with E-state index in [0.29, 0.717) is 149 Å². The maximum absolute atomic E-state index is 12.2. The largest absolute Gasteiger partial charge is 0.440 e. The Kier molecular flexibility index (Phi) is 21.3. The zero-order chi connectivity index (χ0) is 82.7. The Balaban J connectivity index is 0.000000106. The molecule has 21 rings (SSSR count). The lowest BCUT2D eigenvalue weighted by Gasteiger charge is -2.17. The molecule has 594 valence electrons. The van der Waals surface area contributed by atoms with Crippen LogP contribution in [0.3, 0.4) is 0 Å². The molecule has 12 aromatic rings. The molecule has 0 amide bonds. The van der Waals surface area contributed by atoms with E-state index >= 15 is 0 Å². The van der Waals surface area contributed by atoms with Gasteiger partial charge in [-0.2, -0.15) is 0 Å². The zero-order valence-electron chi connectivity index (χ0n) is 65.6.